The average Bonchev–Trinajstić information content (AvgIpc) is 2.83. The van der Waals surface area contributed by atoms with Crippen LogP contribution >= 0.6 is 0 Å². The van der Waals surface area contributed by atoms with E-state index in [-0.39, 0.29) is 22.9 Å². The summed E-state index contributed by atoms with van der Waals surface area (Å²) in [6.07, 6.45) is 3.55. The predicted octanol–water partition coefficient (Wildman–Crippen LogP) is 2.01. The van der Waals surface area contributed by atoms with E-state index in [1.54, 1.807) is 18.2 Å². The number of carbonyl (C=O) groups excluding carboxylic acids is 2. The van der Waals surface area contributed by atoms with E-state index in [9.17, 15) is 18.0 Å². The first kappa shape index (κ1) is 26.1. The maximum atomic E-state index is 12.1. The van der Waals surface area contributed by atoms with Crippen LogP contribution in [-0.4, -0.2) is 66.1 Å². The lowest BCUT2D eigenvalue weighted by molar-refractivity contribution is 0.0959. The number of aromatic nitrogens is 3. The van der Waals surface area contributed by atoms with E-state index >= 15 is 0 Å². The summed E-state index contributed by atoms with van der Waals surface area (Å²) in [6.45, 7) is 6.77. The van der Waals surface area contributed by atoms with Crippen LogP contribution in [0.15, 0.2) is 31.0 Å². The Balaban J connectivity index is 1.68. The van der Waals surface area contributed by atoms with Crippen molar-refractivity contribution < 1.29 is 22.7 Å². The minimum absolute atomic E-state index is 0.0402. The zero-order valence-electron chi connectivity index (χ0n) is 20.4. The van der Waals surface area contributed by atoms with E-state index in [4.69, 9.17) is 16.2 Å². The molecule has 0 radical (unpaired) electrons. The second kappa shape index (κ2) is 10.5. The molecule has 0 aromatic carbocycles. The summed E-state index contributed by atoms with van der Waals surface area (Å²) >= 11 is 0. The molecule has 1 atom stereocenters. The molecule has 0 aliphatic carbocycles. The molecule has 5 N–H and O–H groups in total. The maximum Gasteiger partial charge on any atom is 0.404 e. The highest BCUT2D eigenvalue weighted by atomic mass is 32.2. The number of sulfone groups is 1. The first-order valence-electron chi connectivity index (χ1n) is 11.7. The summed E-state index contributed by atoms with van der Waals surface area (Å²) in [5.41, 5.74) is 14.1. The van der Waals surface area contributed by atoms with E-state index in [0.29, 0.717) is 54.5 Å². The molecule has 2 aliphatic rings. The van der Waals surface area contributed by atoms with E-state index in [1.165, 1.54) is 6.20 Å². The van der Waals surface area contributed by atoms with Crippen LogP contribution in [0.3, 0.4) is 0 Å². The molecule has 37 heavy (non-hydrogen) atoms. The first-order valence-corrected chi connectivity index (χ1v) is 13.6. The van der Waals surface area contributed by atoms with Crippen LogP contribution in [0.4, 0.5) is 22.2 Å². The van der Waals surface area contributed by atoms with Gasteiger partial charge >= 0.3 is 6.09 Å². The molecule has 1 fully saturated rings. The van der Waals surface area contributed by atoms with Crippen molar-refractivity contribution in [2.24, 2.45) is 11.5 Å². The fraction of sp³-hybridized carbons (Fsp3) is 0.375. The van der Waals surface area contributed by atoms with Crippen LogP contribution in [0.25, 0.3) is 11.1 Å². The van der Waals surface area contributed by atoms with Crippen LogP contribution < -0.4 is 21.7 Å². The summed E-state index contributed by atoms with van der Waals surface area (Å²) in [5, 5.41) is 3.16. The van der Waals surface area contributed by atoms with Gasteiger partial charge in [-0.2, -0.15) is 4.98 Å². The number of nitrogens with zero attached hydrogens (tertiary/aromatic N) is 4. The van der Waals surface area contributed by atoms with Crippen molar-refractivity contribution >= 4 is 50.4 Å². The normalized spacial score (nSPS) is 19.0. The molecule has 13 heteroatoms. The summed E-state index contributed by atoms with van der Waals surface area (Å²) in [5.74, 6) is -0.169. The molecule has 12 nitrogen and oxygen atoms in total. The third kappa shape index (κ3) is 6.42. The Morgan fingerprint density at radius 3 is 2.68 bits per heavy atom. The molecule has 0 saturated carbocycles. The van der Waals surface area contributed by atoms with Crippen molar-refractivity contribution in [2.45, 2.75) is 32.3 Å². The number of anilines is 3. The van der Waals surface area contributed by atoms with Gasteiger partial charge in [0.15, 0.2) is 9.84 Å². The van der Waals surface area contributed by atoms with Crippen molar-refractivity contribution in [1.29, 1.82) is 0 Å². The SMILES string of the molecule is C=C(C)c1cc(Nc2nc(N3CCC[C@H](OC(N)=O)C3)ncc2C(N)=O)cc(C2=CCS(=O)(=O)CC2)n1. The minimum Gasteiger partial charge on any atom is -0.445 e. The highest BCUT2D eigenvalue weighted by molar-refractivity contribution is 7.91. The standard InChI is InChI=1S/C24H29N7O5S/c1-14(2)19-10-16(11-20(29-19)15-5-8-37(34,35)9-6-15)28-22-18(21(25)32)12-27-24(30-22)31-7-3-4-17(13-31)36-23(26)33/h5,10-12,17H,1,3-4,6-9,13H2,2H3,(H2,25,32)(H2,26,33)(H,27,28,29,30)/t17-/m0/s1. The van der Waals surface area contributed by atoms with Crippen molar-refractivity contribution in [3.8, 4) is 0 Å². The zero-order valence-corrected chi connectivity index (χ0v) is 21.3. The van der Waals surface area contributed by atoms with Gasteiger partial charge in [0.05, 0.1) is 29.4 Å². The van der Waals surface area contributed by atoms with Crippen molar-refractivity contribution in [2.75, 3.05) is 34.8 Å². The number of pyridine rings is 1. The van der Waals surface area contributed by atoms with Crippen LogP contribution in [0.5, 0.6) is 0 Å². The van der Waals surface area contributed by atoms with Crippen LogP contribution in [0.1, 0.15) is 47.9 Å². The van der Waals surface area contributed by atoms with Gasteiger partial charge in [-0.15, -0.1) is 0 Å². The van der Waals surface area contributed by atoms with Gasteiger partial charge in [0, 0.05) is 18.4 Å². The summed E-state index contributed by atoms with van der Waals surface area (Å²) in [6, 6.07) is 3.52. The van der Waals surface area contributed by atoms with Crippen molar-refractivity contribution in [1.82, 2.24) is 15.0 Å². The molecule has 196 valence electrons. The summed E-state index contributed by atoms with van der Waals surface area (Å²) in [7, 11) is -3.10. The number of primary amides is 2. The highest BCUT2D eigenvalue weighted by Gasteiger charge is 2.26. The van der Waals surface area contributed by atoms with Gasteiger partial charge in [0.25, 0.3) is 5.91 Å². The lowest BCUT2D eigenvalue weighted by atomic mass is 10.1. The number of nitrogens with one attached hydrogen (secondary N) is 1. The Bertz CT molecular complexity index is 1390. The molecule has 2 aromatic rings. The largest absolute Gasteiger partial charge is 0.445 e. The molecule has 2 aliphatic heterocycles. The minimum atomic E-state index is -3.10. The molecule has 0 unspecified atom stereocenters. The topological polar surface area (TPSA) is 183 Å². The number of nitrogens with two attached hydrogens (primary N) is 2. The number of piperidine rings is 1. The molecule has 0 spiro atoms. The van der Waals surface area contributed by atoms with Crippen LogP contribution in [0, 0.1) is 0 Å². The molecule has 0 bridgehead atoms. The molecule has 1 saturated heterocycles. The lowest BCUT2D eigenvalue weighted by Gasteiger charge is -2.32. The maximum absolute atomic E-state index is 12.1. The highest BCUT2D eigenvalue weighted by Crippen LogP contribution is 2.29. The fourth-order valence-corrected chi connectivity index (χ4v) is 5.37. The monoisotopic (exact) mass is 527 g/mol. The van der Waals surface area contributed by atoms with Crippen molar-refractivity contribution in [3.05, 3.63) is 47.9 Å². The van der Waals surface area contributed by atoms with Gasteiger partial charge in [-0.05, 0) is 49.5 Å². The lowest BCUT2D eigenvalue weighted by Crippen LogP contribution is -2.42. The van der Waals surface area contributed by atoms with Crippen molar-refractivity contribution in [3.63, 3.8) is 0 Å². The molecule has 2 amide bonds. The third-order valence-corrected chi connectivity index (χ3v) is 7.61. The Kier molecular flexibility index (Phi) is 7.43. The second-order valence-corrected chi connectivity index (χ2v) is 11.3. The van der Waals surface area contributed by atoms with Crippen LogP contribution in [-0.2, 0) is 14.6 Å². The Morgan fingerprint density at radius 2 is 2.03 bits per heavy atom. The smallest absolute Gasteiger partial charge is 0.404 e. The average molecular weight is 528 g/mol. The van der Waals surface area contributed by atoms with Gasteiger partial charge in [0.2, 0.25) is 5.95 Å². The van der Waals surface area contributed by atoms with E-state index in [1.807, 2.05) is 11.8 Å². The van der Waals surface area contributed by atoms with E-state index in [0.717, 1.165) is 12.0 Å². The molecule has 4 rings (SSSR count). The summed E-state index contributed by atoms with van der Waals surface area (Å²) in [4.78, 5) is 38.7. The third-order valence-electron chi connectivity index (χ3n) is 6.11. The first-order chi connectivity index (χ1) is 17.5. The number of ether oxygens (including phenoxy) is 1. The Morgan fingerprint density at radius 1 is 1.24 bits per heavy atom. The van der Waals surface area contributed by atoms with E-state index in [2.05, 4.69) is 26.8 Å². The quantitative estimate of drug-likeness (QED) is 0.481. The van der Waals surface area contributed by atoms with Crippen LogP contribution in [0.2, 0.25) is 0 Å². The number of rotatable bonds is 7. The fourth-order valence-electron chi connectivity index (χ4n) is 4.21. The van der Waals surface area contributed by atoms with Gasteiger partial charge < -0.3 is 26.4 Å². The Labute approximate surface area is 214 Å². The Hall–Kier alpha value is -4.00. The molecule has 2 aromatic heterocycles. The van der Waals surface area contributed by atoms with Gasteiger partial charge in [-0.1, -0.05) is 12.7 Å². The van der Waals surface area contributed by atoms with Gasteiger partial charge in [0.1, 0.15) is 17.5 Å². The molecule has 4 heterocycles. The number of carbonyl (C=O) groups is 2. The summed E-state index contributed by atoms with van der Waals surface area (Å²) < 4.78 is 28.9. The number of allylic oxidation sites excluding steroid dienone is 2. The number of amides is 2. The number of hydrogen-bond acceptors (Lipinski definition) is 10. The van der Waals surface area contributed by atoms with Gasteiger partial charge in [-0.25, -0.2) is 23.2 Å². The second-order valence-electron chi connectivity index (χ2n) is 9.07. The molecular formula is C24H29N7O5S. The zero-order chi connectivity index (χ0) is 26.7. The van der Waals surface area contributed by atoms with E-state index < -0.39 is 27.9 Å². The van der Waals surface area contributed by atoms with Gasteiger partial charge in [-0.3, -0.25) is 4.79 Å². The molecular weight excluding hydrogens is 498 g/mol. The predicted molar refractivity (Wildman–Crippen MR) is 140 cm³/mol. The number of hydrogen-bond donors (Lipinski definition) is 3.